The van der Waals surface area contributed by atoms with E-state index in [9.17, 15) is 19.2 Å². The van der Waals surface area contributed by atoms with Gasteiger partial charge in [0.15, 0.2) is 12.3 Å². The van der Waals surface area contributed by atoms with Crippen molar-refractivity contribution in [3.05, 3.63) is 31.5 Å². The lowest BCUT2D eigenvalue weighted by molar-refractivity contribution is -0.157. The Balaban J connectivity index is 2.39. The number of ether oxygens (including phenoxy) is 4. The molecule has 0 aliphatic carbocycles. The Morgan fingerprint density at radius 1 is 1.28 bits per heavy atom. The number of carbonyl (C=O) groups is 2. The molecule has 25 heavy (non-hydrogen) atoms. The SMILES string of the molecule is CO[C@H]1C(OC(C)=O)[C@@H](COC(C)=O)O[C@H]1n1cc(Br)c(=O)[nH]c1=O. The highest BCUT2D eigenvalue weighted by Crippen LogP contribution is 2.33. The maximum atomic E-state index is 12.1. The molecule has 1 aliphatic rings. The Morgan fingerprint density at radius 3 is 2.52 bits per heavy atom. The van der Waals surface area contributed by atoms with E-state index >= 15 is 0 Å². The van der Waals surface area contributed by atoms with Gasteiger partial charge in [-0.05, 0) is 15.9 Å². The molecule has 0 saturated carbocycles. The van der Waals surface area contributed by atoms with Crippen molar-refractivity contribution < 1.29 is 28.5 Å². The largest absolute Gasteiger partial charge is 0.463 e. The van der Waals surface area contributed by atoms with Crippen LogP contribution in [0.15, 0.2) is 20.3 Å². The molecular formula is C14H17BrN2O8. The highest BCUT2D eigenvalue weighted by molar-refractivity contribution is 9.10. The fraction of sp³-hybridized carbons (Fsp3) is 0.571. The predicted octanol–water partition coefficient (Wildman–Crippen LogP) is -0.294. The Bertz CT molecular complexity index is 773. The molecule has 2 heterocycles. The minimum atomic E-state index is -1.00. The van der Waals surface area contributed by atoms with Gasteiger partial charge in [-0.3, -0.25) is 23.9 Å². The van der Waals surface area contributed by atoms with Crippen molar-refractivity contribution in [2.75, 3.05) is 13.7 Å². The van der Waals surface area contributed by atoms with E-state index in [4.69, 9.17) is 18.9 Å². The van der Waals surface area contributed by atoms with Crippen molar-refractivity contribution in [1.82, 2.24) is 9.55 Å². The van der Waals surface area contributed by atoms with Gasteiger partial charge in [0.25, 0.3) is 5.56 Å². The molecule has 0 aromatic carbocycles. The highest BCUT2D eigenvalue weighted by atomic mass is 79.9. The van der Waals surface area contributed by atoms with Gasteiger partial charge in [0.2, 0.25) is 0 Å². The number of nitrogens with one attached hydrogen (secondary N) is 1. The number of rotatable bonds is 5. The lowest BCUT2D eigenvalue weighted by Crippen LogP contribution is -2.41. The summed E-state index contributed by atoms with van der Waals surface area (Å²) in [7, 11) is 1.36. The molecule has 10 nitrogen and oxygen atoms in total. The van der Waals surface area contributed by atoms with Crippen LogP contribution in [0.3, 0.4) is 0 Å². The maximum Gasteiger partial charge on any atom is 0.330 e. The number of halogens is 1. The first-order valence-electron chi connectivity index (χ1n) is 7.24. The van der Waals surface area contributed by atoms with Crippen LogP contribution in [0.4, 0.5) is 0 Å². The highest BCUT2D eigenvalue weighted by Gasteiger charge is 2.49. The zero-order valence-corrected chi connectivity index (χ0v) is 15.3. The van der Waals surface area contributed by atoms with Crippen LogP contribution < -0.4 is 11.2 Å². The van der Waals surface area contributed by atoms with E-state index in [1.54, 1.807) is 0 Å². The molecule has 0 spiro atoms. The first kappa shape index (κ1) is 19.3. The molecule has 2 rings (SSSR count). The van der Waals surface area contributed by atoms with E-state index in [1.165, 1.54) is 27.2 Å². The number of esters is 2. The smallest absolute Gasteiger partial charge is 0.330 e. The fourth-order valence-corrected chi connectivity index (χ4v) is 2.82. The molecule has 0 bridgehead atoms. The third-order valence-corrected chi connectivity index (χ3v) is 4.07. The quantitative estimate of drug-likeness (QED) is 0.643. The second kappa shape index (κ2) is 7.93. The molecule has 1 fully saturated rings. The number of aromatic nitrogens is 2. The van der Waals surface area contributed by atoms with E-state index in [2.05, 4.69) is 20.9 Å². The monoisotopic (exact) mass is 420 g/mol. The van der Waals surface area contributed by atoms with Crippen molar-refractivity contribution in [2.45, 2.75) is 38.4 Å². The normalized spacial score (nSPS) is 25.6. The summed E-state index contributed by atoms with van der Waals surface area (Å²) in [5, 5.41) is 0. The van der Waals surface area contributed by atoms with Crippen molar-refractivity contribution in [1.29, 1.82) is 0 Å². The van der Waals surface area contributed by atoms with Crippen molar-refractivity contribution in [2.24, 2.45) is 0 Å². The molecule has 1 unspecified atom stereocenters. The summed E-state index contributed by atoms with van der Waals surface area (Å²) in [6.45, 7) is 2.25. The van der Waals surface area contributed by atoms with Crippen LogP contribution in [0.2, 0.25) is 0 Å². The van der Waals surface area contributed by atoms with E-state index < -0.39 is 47.7 Å². The molecule has 4 atom stereocenters. The molecule has 1 saturated heterocycles. The average Bonchev–Trinajstić information content (AvgIpc) is 2.85. The molecule has 11 heteroatoms. The van der Waals surface area contributed by atoms with E-state index in [-0.39, 0.29) is 11.1 Å². The zero-order chi connectivity index (χ0) is 18.7. The summed E-state index contributed by atoms with van der Waals surface area (Å²) >= 11 is 3.03. The van der Waals surface area contributed by atoms with Gasteiger partial charge in [-0.1, -0.05) is 0 Å². The molecular weight excluding hydrogens is 404 g/mol. The first-order valence-corrected chi connectivity index (χ1v) is 8.03. The predicted molar refractivity (Wildman–Crippen MR) is 85.9 cm³/mol. The first-order chi connectivity index (χ1) is 11.7. The summed E-state index contributed by atoms with van der Waals surface area (Å²) in [6, 6.07) is 0. The minimum Gasteiger partial charge on any atom is -0.463 e. The maximum absolute atomic E-state index is 12.1. The molecule has 1 aliphatic heterocycles. The summed E-state index contributed by atoms with van der Waals surface area (Å²) < 4.78 is 22.4. The third-order valence-electron chi connectivity index (χ3n) is 3.51. The Morgan fingerprint density at radius 2 is 1.96 bits per heavy atom. The number of carbonyl (C=O) groups excluding carboxylic acids is 2. The second-order valence-corrected chi connectivity index (χ2v) is 6.14. The number of nitrogens with zero attached hydrogens (tertiary/aromatic N) is 1. The van der Waals surface area contributed by atoms with Gasteiger partial charge >= 0.3 is 17.6 Å². The van der Waals surface area contributed by atoms with Crippen LogP contribution in [0.5, 0.6) is 0 Å². The summed E-state index contributed by atoms with van der Waals surface area (Å²) in [4.78, 5) is 48.2. The Kier molecular flexibility index (Phi) is 6.14. The van der Waals surface area contributed by atoms with Gasteiger partial charge in [0, 0.05) is 27.2 Å². The van der Waals surface area contributed by atoms with Crippen LogP contribution in [0.1, 0.15) is 20.1 Å². The van der Waals surface area contributed by atoms with Crippen LogP contribution >= 0.6 is 15.9 Å². The number of H-pyrrole nitrogens is 1. The van der Waals surface area contributed by atoms with Gasteiger partial charge in [0.05, 0.1) is 4.47 Å². The van der Waals surface area contributed by atoms with E-state index in [1.807, 2.05) is 0 Å². The average molecular weight is 421 g/mol. The Hall–Kier alpha value is -1.98. The number of aromatic amines is 1. The zero-order valence-electron chi connectivity index (χ0n) is 13.7. The van der Waals surface area contributed by atoms with Gasteiger partial charge in [0.1, 0.15) is 18.8 Å². The standard InChI is InChI=1S/C14H17BrN2O8/c1-6(18)23-5-9-10(24-7(2)19)11(22-3)13(25-9)17-4-8(15)12(20)16-14(17)21/h4,9-11,13H,5H2,1-3H3,(H,16,20,21)/t9-,10?,11+,13-/m1/s1. The van der Waals surface area contributed by atoms with Gasteiger partial charge in [-0.25, -0.2) is 4.79 Å². The molecule has 138 valence electrons. The van der Waals surface area contributed by atoms with Gasteiger partial charge in [-0.15, -0.1) is 0 Å². The van der Waals surface area contributed by atoms with Crippen LogP contribution in [-0.4, -0.2) is 53.5 Å². The van der Waals surface area contributed by atoms with Crippen molar-refractivity contribution >= 4 is 27.9 Å². The van der Waals surface area contributed by atoms with Crippen LogP contribution in [0, 0.1) is 0 Å². The number of methoxy groups -OCH3 is 1. The number of hydrogen-bond donors (Lipinski definition) is 1. The molecule has 1 aromatic heterocycles. The Labute approximate surface area is 150 Å². The van der Waals surface area contributed by atoms with Crippen LogP contribution in [-0.2, 0) is 28.5 Å². The molecule has 0 radical (unpaired) electrons. The second-order valence-electron chi connectivity index (χ2n) is 5.29. The number of hydrogen-bond acceptors (Lipinski definition) is 8. The topological polar surface area (TPSA) is 126 Å². The van der Waals surface area contributed by atoms with Gasteiger partial charge in [-0.2, -0.15) is 0 Å². The van der Waals surface area contributed by atoms with E-state index in [0.29, 0.717) is 0 Å². The summed E-state index contributed by atoms with van der Waals surface area (Å²) in [6.07, 6.45) is -2.38. The molecule has 1 N–H and O–H groups in total. The van der Waals surface area contributed by atoms with Crippen molar-refractivity contribution in [3.63, 3.8) is 0 Å². The lowest BCUT2D eigenvalue weighted by Gasteiger charge is -2.23. The van der Waals surface area contributed by atoms with Gasteiger partial charge < -0.3 is 18.9 Å². The van der Waals surface area contributed by atoms with E-state index in [0.717, 1.165) is 4.57 Å². The minimum absolute atomic E-state index is 0.109. The fourth-order valence-electron chi connectivity index (χ4n) is 2.50. The van der Waals surface area contributed by atoms with Crippen LogP contribution in [0.25, 0.3) is 0 Å². The molecule has 0 amide bonds. The summed E-state index contributed by atoms with van der Waals surface area (Å²) in [5.41, 5.74) is -1.32. The van der Waals surface area contributed by atoms with Crippen molar-refractivity contribution in [3.8, 4) is 0 Å². The third kappa shape index (κ3) is 4.35. The lowest BCUT2D eigenvalue weighted by atomic mass is 10.1. The summed E-state index contributed by atoms with van der Waals surface area (Å²) in [5.74, 6) is -1.12. The molecule has 1 aromatic rings.